The van der Waals surface area contributed by atoms with Crippen LogP contribution in [-0.4, -0.2) is 53.7 Å². The molecule has 1 atom stereocenters. The van der Waals surface area contributed by atoms with E-state index in [1.807, 2.05) is 6.07 Å². The van der Waals surface area contributed by atoms with Gasteiger partial charge in [-0.15, -0.1) is 0 Å². The number of fused-ring (bicyclic) bond motifs is 1. The summed E-state index contributed by atoms with van der Waals surface area (Å²) in [5.74, 6) is 5.10. The molecule has 2 aliphatic heterocycles. The Morgan fingerprint density at radius 1 is 1.24 bits per heavy atom. The maximum Gasteiger partial charge on any atom is 0.124 e. The summed E-state index contributed by atoms with van der Waals surface area (Å²) < 4.78 is 13.7. The molecule has 0 radical (unpaired) electrons. The fourth-order valence-electron chi connectivity index (χ4n) is 3.41. The van der Waals surface area contributed by atoms with Gasteiger partial charge in [0.25, 0.3) is 0 Å². The SMILES string of the molecule is OCC#Cc1cc(F)cc(CN2CCN3CCCC3C2)c1. The standard InChI is InChI=1S/C17H21FN2O/c18-16-10-14(3-2-8-21)9-15(11-16)12-19-6-7-20-5-1-4-17(20)13-19/h9-11,17,21H,1,4-8,12-13H2. The van der Waals surface area contributed by atoms with Crippen LogP contribution in [0.4, 0.5) is 4.39 Å². The van der Waals surface area contributed by atoms with Crippen LogP contribution in [0.1, 0.15) is 24.0 Å². The lowest BCUT2D eigenvalue weighted by molar-refractivity contribution is 0.0993. The summed E-state index contributed by atoms with van der Waals surface area (Å²) in [5.41, 5.74) is 1.60. The molecular weight excluding hydrogens is 267 g/mol. The van der Waals surface area contributed by atoms with E-state index in [2.05, 4.69) is 21.6 Å². The van der Waals surface area contributed by atoms with Gasteiger partial charge in [0, 0.05) is 37.8 Å². The van der Waals surface area contributed by atoms with Gasteiger partial charge in [-0.1, -0.05) is 11.8 Å². The molecule has 3 nitrogen and oxygen atoms in total. The molecular formula is C17H21FN2O. The van der Waals surface area contributed by atoms with E-state index >= 15 is 0 Å². The van der Waals surface area contributed by atoms with Gasteiger partial charge in [-0.3, -0.25) is 9.80 Å². The van der Waals surface area contributed by atoms with Crippen molar-refractivity contribution in [2.75, 3.05) is 32.8 Å². The minimum Gasteiger partial charge on any atom is -0.384 e. The van der Waals surface area contributed by atoms with E-state index in [9.17, 15) is 4.39 Å². The van der Waals surface area contributed by atoms with Gasteiger partial charge < -0.3 is 5.11 Å². The summed E-state index contributed by atoms with van der Waals surface area (Å²) >= 11 is 0. The van der Waals surface area contributed by atoms with Gasteiger partial charge in [-0.25, -0.2) is 4.39 Å². The van der Waals surface area contributed by atoms with Crippen molar-refractivity contribution in [3.63, 3.8) is 0 Å². The van der Waals surface area contributed by atoms with Crippen molar-refractivity contribution in [2.24, 2.45) is 0 Å². The Morgan fingerprint density at radius 3 is 3.00 bits per heavy atom. The lowest BCUT2D eigenvalue weighted by Gasteiger charge is -2.37. The molecule has 0 amide bonds. The van der Waals surface area contributed by atoms with Crippen LogP contribution < -0.4 is 0 Å². The number of piperazine rings is 1. The number of hydrogen-bond donors (Lipinski definition) is 1. The van der Waals surface area contributed by atoms with Crippen LogP contribution in [0.3, 0.4) is 0 Å². The Bertz CT molecular complexity index is 564. The van der Waals surface area contributed by atoms with Gasteiger partial charge in [-0.2, -0.15) is 0 Å². The Kier molecular flexibility index (Phi) is 4.54. The van der Waals surface area contributed by atoms with Gasteiger partial charge in [0.2, 0.25) is 0 Å². The van der Waals surface area contributed by atoms with E-state index in [0.29, 0.717) is 11.6 Å². The largest absolute Gasteiger partial charge is 0.384 e. The van der Waals surface area contributed by atoms with Crippen molar-refractivity contribution in [1.82, 2.24) is 9.80 Å². The van der Waals surface area contributed by atoms with Crippen LogP contribution >= 0.6 is 0 Å². The monoisotopic (exact) mass is 288 g/mol. The molecule has 1 unspecified atom stereocenters. The van der Waals surface area contributed by atoms with E-state index in [4.69, 9.17) is 5.11 Å². The number of benzene rings is 1. The zero-order chi connectivity index (χ0) is 14.7. The molecule has 1 N–H and O–H groups in total. The molecule has 1 aromatic carbocycles. The maximum absolute atomic E-state index is 13.7. The van der Waals surface area contributed by atoms with Crippen LogP contribution in [0, 0.1) is 17.7 Å². The van der Waals surface area contributed by atoms with Crippen LogP contribution in [0.5, 0.6) is 0 Å². The van der Waals surface area contributed by atoms with Gasteiger partial charge in [0.15, 0.2) is 0 Å². The summed E-state index contributed by atoms with van der Waals surface area (Å²) in [4.78, 5) is 4.98. The van der Waals surface area contributed by atoms with Gasteiger partial charge >= 0.3 is 0 Å². The van der Waals surface area contributed by atoms with Crippen molar-refractivity contribution in [1.29, 1.82) is 0 Å². The number of aliphatic hydroxyl groups excluding tert-OH is 1. The van der Waals surface area contributed by atoms with Crippen molar-refractivity contribution >= 4 is 0 Å². The molecule has 0 aromatic heterocycles. The predicted molar refractivity (Wildman–Crippen MR) is 80.2 cm³/mol. The fourth-order valence-corrected chi connectivity index (χ4v) is 3.41. The highest BCUT2D eigenvalue weighted by molar-refractivity contribution is 5.37. The summed E-state index contributed by atoms with van der Waals surface area (Å²) in [6, 6.07) is 5.61. The zero-order valence-corrected chi connectivity index (χ0v) is 12.2. The molecule has 0 spiro atoms. The average molecular weight is 288 g/mol. The molecule has 3 rings (SSSR count). The highest BCUT2D eigenvalue weighted by Crippen LogP contribution is 2.22. The lowest BCUT2D eigenvalue weighted by atomic mass is 10.1. The first-order chi connectivity index (χ1) is 10.2. The fraction of sp³-hybridized carbons (Fsp3) is 0.529. The topological polar surface area (TPSA) is 26.7 Å². The van der Waals surface area contributed by atoms with Crippen LogP contribution in [0.25, 0.3) is 0 Å². The molecule has 2 fully saturated rings. The van der Waals surface area contributed by atoms with E-state index in [0.717, 1.165) is 31.7 Å². The number of rotatable bonds is 2. The Morgan fingerprint density at radius 2 is 2.14 bits per heavy atom. The normalized spacial score (nSPS) is 22.7. The second-order valence-corrected chi connectivity index (χ2v) is 5.88. The first kappa shape index (κ1) is 14.5. The molecule has 21 heavy (non-hydrogen) atoms. The molecule has 1 aromatic rings. The highest BCUT2D eigenvalue weighted by Gasteiger charge is 2.30. The second-order valence-electron chi connectivity index (χ2n) is 5.88. The van der Waals surface area contributed by atoms with E-state index in [1.54, 1.807) is 6.07 Å². The van der Waals surface area contributed by atoms with Crippen LogP contribution in [0.2, 0.25) is 0 Å². The Balaban J connectivity index is 1.68. The first-order valence-electron chi connectivity index (χ1n) is 7.60. The minimum atomic E-state index is -0.255. The third kappa shape index (κ3) is 3.62. The molecule has 2 aliphatic rings. The van der Waals surface area contributed by atoms with Crippen LogP contribution in [-0.2, 0) is 6.54 Å². The quantitative estimate of drug-likeness (QED) is 0.835. The molecule has 2 heterocycles. The van der Waals surface area contributed by atoms with Crippen LogP contribution in [0.15, 0.2) is 18.2 Å². The summed E-state index contributed by atoms with van der Waals surface area (Å²) in [7, 11) is 0. The maximum atomic E-state index is 13.7. The first-order valence-corrected chi connectivity index (χ1v) is 7.60. The molecule has 4 heteroatoms. The Hall–Kier alpha value is -1.41. The minimum absolute atomic E-state index is 0.199. The van der Waals surface area contributed by atoms with Crippen molar-refractivity contribution in [2.45, 2.75) is 25.4 Å². The third-order valence-electron chi connectivity index (χ3n) is 4.35. The average Bonchev–Trinajstić information content (AvgIpc) is 2.92. The van der Waals surface area contributed by atoms with Crippen molar-refractivity contribution in [3.05, 3.63) is 35.1 Å². The number of aliphatic hydroxyl groups is 1. The highest BCUT2D eigenvalue weighted by atomic mass is 19.1. The molecule has 112 valence electrons. The predicted octanol–water partition coefficient (Wildman–Crippen LogP) is 1.45. The van der Waals surface area contributed by atoms with E-state index in [1.165, 1.54) is 25.5 Å². The molecule has 0 aliphatic carbocycles. The summed E-state index contributed by atoms with van der Waals surface area (Å²) in [5, 5.41) is 8.73. The smallest absolute Gasteiger partial charge is 0.124 e. The Labute approximate surface area is 125 Å². The molecule has 0 saturated carbocycles. The molecule has 2 saturated heterocycles. The molecule has 0 bridgehead atoms. The van der Waals surface area contributed by atoms with Crippen molar-refractivity contribution in [3.8, 4) is 11.8 Å². The summed E-state index contributed by atoms with van der Waals surface area (Å²) in [6.07, 6.45) is 2.59. The second kappa shape index (κ2) is 6.57. The van der Waals surface area contributed by atoms with Gasteiger partial charge in [0.05, 0.1) is 0 Å². The van der Waals surface area contributed by atoms with Crippen molar-refractivity contribution < 1.29 is 9.50 Å². The zero-order valence-electron chi connectivity index (χ0n) is 12.2. The van der Waals surface area contributed by atoms with Gasteiger partial charge in [-0.05, 0) is 43.1 Å². The lowest BCUT2D eigenvalue weighted by Crippen LogP contribution is -2.49. The van der Waals surface area contributed by atoms with Gasteiger partial charge in [0.1, 0.15) is 12.4 Å². The van der Waals surface area contributed by atoms with E-state index in [-0.39, 0.29) is 12.4 Å². The van der Waals surface area contributed by atoms with E-state index < -0.39 is 0 Å². The third-order valence-corrected chi connectivity index (χ3v) is 4.35. The number of halogens is 1. The number of hydrogen-bond acceptors (Lipinski definition) is 3. The number of nitrogens with zero attached hydrogens (tertiary/aromatic N) is 2. The summed E-state index contributed by atoms with van der Waals surface area (Å²) in [6.45, 7) is 5.06.